The first kappa shape index (κ1) is 12.9. The van der Waals surface area contributed by atoms with Gasteiger partial charge in [-0.1, -0.05) is 6.07 Å². The Bertz CT molecular complexity index is 374. The van der Waals surface area contributed by atoms with Gasteiger partial charge in [-0.2, -0.15) is 0 Å². The van der Waals surface area contributed by atoms with Crippen molar-refractivity contribution in [2.75, 3.05) is 19.0 Å². The molecule has 3 heteroatoms. The Hall–Kier alpha value is -0.510. The lowest BCUT2D eigenvalue weighted by Crippen LogP contribution is -2.32. The van der Waals surface area contributed by atoms with E-state index >= 15 is 0 Å². The highest BCUT2D eigenvalue weighted by Crippen LogP contribution is 2.24. The maximum atomic E-state index is 6.19. The van der Waals surface area contributed by atoms with Crippen LogP contribution in [0.2, 0.25) is 0 Å². The fraction of sp³-hybridized carbons (Fsp3) is 0.571. The average Bonchev–Trinajstić information content (AvgIpc) is 2.84. The van der Waals surface area contributed by atoms with E-state index in [4.69, 9.17) is 10.5 Å². The van der Waals surface area contributed by atoms with Gasteiger partial charge in [0.15, 0.2) is 0 Å². The van der Waals surface area contributed by atoms with Gasteiger partial charge in [-0.05, 0) is 43.5 Å². The predicted octanol–water partition coefficient (Wildman–Crippen LogP) is 2.76. The molecule has 1 fully saturated rings. The Morgan fingerprint density at radius 2 is 2.24 bits per heavy atom. The molecule has 0 radical (unpaired) electrons. The molecule has 1 heterocycles. The summed E-state index contributed by atoms with van der Waals surface area (Å²) in [7, 11) is 0. The zero-order chi connectivity index (χ0) is 12.3. The van der Waals surface area contributed by atoms with Gasteiger partial charge in [0, 0.05) is 29.2 Å². The van der Waals surface area contributed by atoms with Crippen molar-refractivity contribution in [1.29, 1.82) is 0 Å². The zero-order valence-corrected chi connectivity index (χ0v) is 11.4. The number of aryl methyl sites for hydroxylation is 2. The molecule has 0 spiro atoms. The maximum absolute atomic E-state index is 6.19. The first-order chi connectivity index (χ1) is 8.16. The zero-order valence-electron chi connectivity index (χ0n) is 10.6. The van der Waals surface area contributed by atoms with Gasteiger partial charge >= 0.3 is 0 Å². The molecule has 17 heavy (non-hydrogen) atoms. The van der Waals surface area contributed by atoms with Crippen LogP contribution < -0.4 is 5.73 Å². The lowest BCUT2D eigenvalue weighted by Gasteiger charge is -2.17. The molecular weight excluding hydrogens is 230 g/mol. The number of hydrogen-bond acceptors (Lipinski definition) is 3. The number of rotatable bonds is 4. The van der Waals surface area contributed by atoms with E-state index in [0.29, 0.717) is 5.92 Å². The average molecular weight is 251 g/mol. The van der Waals surface area contributed by atoms with Crippen LogP contribution in [0.25, 0.3) is 0 Å². The fourth-order valence-electron chi connectivity index (χ4n) is 2.02. The van der Waals surface area contributed by atoms with Gasteiger partial charge < -0.3 is 10.5 Å². The van der Waals surface area contributed by atoms with Crippen LogP contribution in [0.5, 0.6) is 0 Å². The van der Waals surface area contributed by atoms with Crippen molar-refractivity contribution < 1.29 is 4.74 Å². The van der Waals surface area contributed by atoms with Gasteiger partial charge in [-0.25, -0.2) is 0 Å². The van der Waals surface area contributed by atoms with Crippen molar-refractivity contribution in [2.24, 2.45) is 11.7 Å². The summed E-state index contributed by atoms with van der Waals surface area (Å²) >= 11 is 1.86. The van der Waals surface area contributed by atoms with E-state index in [-0.39, 0.29) is 6.04 Å². The van der Waals surface area contributed by atoms with Crippen LogP contribution in [0.4, 0.5) is 0 Å². The molecule has 2 atom stereocenters. The largest absolute Gasteiger partial charge is 0.381 e. The summed E-state index contributed by atoms with van der Waals surface area (Å²) in [5.41, 5.74) is 8.90. The lowest BCUT2D eigenvalue weighted by molar-refractivity contribution is 0.182. The Kier molecular flexibility index (Phi) is 4.48. The van der Waals surface area contributed by atoms with Crippen molar-refractivity contribution >= 4 is 11.8 Å². The van der Waals surface area contributed by atoms with Crippen molar-refractivity contribution in [1.82, 2.24) is 0 Å². The lowest BCUT2D eigenvalue weighted by atomic mass is 10.0. The third-order valence-electron chi connectivity index (χ3n) is 3.49. The van der Waals surface area contributed by atoms with Crippen LogP contribution in [-0.2, 0) is 4.74 Å². The summed E-state index contributed by atoms with van der Waals surface area (Å²) in [5.74, 6) is 1.53. The summed E-state index contributed by atoms with van der Waals surface area (Å²) in [6, 6.07) is 6.87. The molecule has 0 aromatic heterocycles. The van der Waals surface area contributed by atoms with Crippen molar-refractivity contribution in [2.45, 2.75) is 31.2 Å². The molecule has 0 saturated carbocycles. The van der Waals surface area contributed by atoms with Crippen LogP contribution in [0.3, 0.4) is 0 Å². The quantitative estimate of drug-likeness (QED) is 0.836. The fourth-order valence-corrected chi connectivity index (χ4v) is 3.10. The number of ether oxygens (including phenoxy) is 1. The summed E-state index contributed by atoms with van der Waals surface area (Å²) in [5, 5.41) is 0. The van der Waals surface area contributed by atoms with Gasteiger partial charge in [0.25, 0.3) is 0 Å². The molecule has 1 aliphatic rings. The van der Waals surface area contributed by atoms with E-state index in [2.05, 4.69) is 32.0 Å². The van der Waals surface area contributed by atoms with E-state index in [1.54, 1.807) is 0 Å². The first-order valence-electron chi connectivity index (χ1n) is 6.20. The smallest absolute Gasteiger partial charge is 0.0510 e. The summed E-state index contributed by atoms with van der Waals surface area (Å²) in [4.78, 5) is 1.32. The van der Waals surface area contributed by atoms with Crippen molar-refractivity contribution in [3.8, 4) is 0 Å². The number of benzene rings is 1. The Morgan fingerprint density at radius 3 is 2.88 bits per heavy atom. The van der Waals surface area contributed by atoms with Gasteiger partial charge in [-0.3, -0.25) is 0 Å². The third kappa shape index (κ3) is 3.47. The van der Waals surface area contributed by atoms with E-state index < -0.39 is 0 Å². The monoisotopic (exact) mass is 251 g/mol. The van der Waals surface area contributed by atoms with Gasteiger partial charge in [0.2, 0.25) is 0 Å². The summed E-state index contributed by atoms with van der Waals surface area (Å²) in [6.07, 6.45) is 1.12. The maximum Gasteiger partial charge on any atom is 0.0510 e. The van der Waals surface area contributed by atoms with E-state index in [0.717, 1.165) is 25.4 Å². The summed E-state index contributed by atoms with van der Waals surface area (Å²) < 4.78 is 5.38. The molecule has 0 amide bonds. The first-order valence-corrected chi connectivity index (χ1v) is 7.19. The van der Waals surface area contributed by atoms with Crippen LogP contribution >= 0.6 is 11.8 Å². The molecule has 1 aliphatic heterocycles. The highest BCUT2D eigenvalue weighted by Gasteiger charge is 2.22. The molecule has 2 rings (SSSR count). The number of nitrogens with two attached hydrogens (primary N) is 1. The second-order valence-corrected chi connectivity index (χ2v) is 5.94. The number of hydrogen-bond donors (Lipinski definition) is 1. The highest BCUT2D eigenvalue weighted by molar-refractivity contribution is 7.99. The SMILES string of the molecule is Cc1ccc(SCC(N)C2CCOC2)cc1C. The summed E-state index contributed by atoms with van der Waals surface area (Å²) in [6.45, 7) is 6.02. The Morgan fingerprint density at radius 1 is 1.41 bits per heavy atom. The molecule has 1 aromatic rings. The van der Waals surface area contributed by atoms with Crippen LogP contribution in [0.15, 0.2) is 23.1 Å². The second-order valence-electron chi connectivity index (χ2n) is 4.84. The molecule has 0 bridgehead atoms. The van der Waals surface area contributed by atoms with Gasteiger partial charge in [0.05, 0.1) is 6.61 Å². The van der Waals surface area contributed by atoms with Crippen molar-refractivity contribution in [3.63, 3.8) is 0 Å². The van der Waals surface area contributed by atoms with E-state index in [1.807, 2.05) is 11.8 Å². The topological polar surface area (TPSA) is 35.2 Å². The van der Waals surface area contributed by atoms with Gasteiger partial charge in [-0.15, -0.1) is 11.8 Å². The van der Waals surface area contributed by atoms with Crippen LogP contribution in [0.1, 0.15) is 17.5 Å². The second kappa shape index (κ2) is 5.89. The van der Waals surface area contributed by atoms with Gasteiger partial charge in [0.1, 0.15) is 0 Å². The Labute approximate surface area is 108 Å². The molecule has 1 saturated heterocycles. The predicted molar refractivity (Wildman–Crippen MR) is 73.5 cm³/mol. The van der Waals surface area contributed by atoms with E-state index in [9.17, 15) is 0 Å². The third-order valence-corrected chi connectivity index (χ3v) is 4.63. The minimum Gasteiger partial charge on any atom is -0.381 e. The van der Waals surface area contributed by atoms with Crippen molar-refractivity contribution in [3.05, 3.63) is 29.3 Å². The molecule has 0 aliphatic carbocycles. The standard InChI is InChI=1S/C14H21NOS/c1-10-3-4-13(7-11(10)2)17-9-14(15)12-5-6-16-8-12/h3-4,7,12,14H,5-6,8-9,15H2,1-2H3. The molecular formula is C14H21NOS. The number of thioether (sulfide) groups is 1. The molecule has 94 valence electrons. The van der Waals surface area contributed by atoms with Crippen LogP contribution in [-0.4, -0.2) is 25.0 Å². The molecule has 1 aromatic carbocycles. The minimum atomic E-state index is 0.254. The van der Waals surface area contributed by atoms with Crippen LogP contribution in [0, 0.1) is 19.8 Å². The highest BCUT2D eigenvalue weighted by atomic mass is 32.2. The van der Waals surface area contributed by atoms with E-state index in [1.165, 1.54) is 16.0 Å². The minimum absolute atomic E-state index is 0.254. The molecule has 2 unspecified atom stereocenters. The Balaban J connectivity index is 1.86. The molecule has 2 nitrogen and oxygen atoms in total. The normalized spacial score (nSPS) is 21.7. The molecule has 2 N–H and O–H groups in total.